The fraction of sp³-hybridized carbons (Fsp3) is 0.400. The minimum absolute atomic E-state index is 0.0579. The van der Waals surface area contributed by atoms with E-state index in [0.717, 1.165) is 34.5 Å². The molecule has 1 unspecified atom stereocenters. The highest BCUT2D eigenvalue weighted by molar-refractivity contribution is 7.15. The maximum atomic E-state index is 14.0. The number of hydrogen-bond acceptors (Lipinski definition) is 7. The Bertz CT molecular complexity index is 1570. The van der Waals surface area contributed by atoms with E-state index in [1.54, 1.807) is 4.90 Å². The SMILES string of the molecule is Cc1cc2oc3c(c(=O)c2cc1C)C(c1cccc(OCCC(C)C)c1)N(c1nnc(CC(C)C)s1)C3=O. The molecule has 1 aliphatic heterocycles. The average Bonchev–Trinajstić information content (AvgIpc) is 3.42. The second kappa shape index (κ2) is 10.3. The number of benzene rings is 2. The largest absolute Gasteiger partial charge is 0.494 e. The van der Waals surface area contributed by atoms with Crippen molar-refractivity contribution in [3.8, 4) is 5.75 Å². The zero-order chi connectivity index (χ0) is 27.1. The summed E-state index contributed by atoms with van der Waals surface area (Å²) in [6, 6.07) is 10.6. The van der Waals surface area contributed by atoms with Crippen LogP contribution in [0.1, 0.15) is 78.0 Å². The van der Waals surface area contributed by atoms with Crippen LogP contribution < -0.4 is 15.1 Å². The van der Waals surface area contributed by atoms with E-state index in [2.05, 4.69) is 37.9 Å². The number of carbonyl (C=O) groups excluding carboxylic acids is 1. The molecule has 0 saturated carbocycles. The van der Waals surface area contributed by atoms with Crippen LogP contribution in [0.4, 0.5) is 5.13 Å². The predicted octanol–water partition coefficient (Wildman–Crippen LogP) is 6.63. The van der Waals surface area contributed by atoms with Gasteiger partial charge in [-0.05, 0) is 73.1 Å². The first-order valence-corrected chi connectivity index (χ1v) is 13.9. The fourth-order valence-corrected chi connectivity index (χ4v) is 5.78. The summed E-state index contributed by atoms with van der Waals surface area (Å²) in [6.45, 7) is 13.0. The second-order valence-electron chi connectivity index (χ2n) is 10.9. The van der Waals surface area contributed by atoms with Crippen molar-refractivity contribution in [2.24, 2.45) is 11.8 Å². The Morgan fingerprint density at radius 1 is 1.03 bits per heavy atom. The standard InChI is InChI=1S/C30H33N3O4S/c1-16(2)10-11-36-21-9-7-8-20(15-21)26-25-27(34)22-13-18(5)19(6)14-23(22)37-28(25)29(35)33(26)30-32-31-24(38-30)12-17(3)4/h7-9,13-17,26H,10-12H2,1-6H3. The van der Waals surface area contributed by atoms with Crippen molar-refractivity contribution < 1.29 is 13.9 Å². The lowest BCUT2D eigenvalue weighted by molar-refractivity contribution is 0.0970. The molecule has 0 saturated heterocycles. The normalized spacial score (nSPS) is 15.2. The lowest BCUT2D eigenvalue weighted by Gasteiger charge is -2.22. The van der Waals surface area contributed by atoms with Gasteiger partial charge in [-0.1, -0.05) is 51.2 Å². The highest BCUT2D eigenvalue weighted by Crippen LogP contribution is 2.43. The van der Waals surface area contributed by atoms with Crippen molar-refractivity contribution in [3.63, 3.8) is 0 Å². The molecule has 1 atom stereocenters. The molecule has 2 aromatic carbocycles. The molecule has 1 aliphatic rings. The van der Waals surface area contributed by atoms with E-state index in [1.807, 2.05) is 50.2 Å². The van der Waals surface area contributed by atoms with Gasteiger partial charge in [0.15, 0.2) is 5.43 Å². The third kappa shape index (κ3) is 4.85. The fourth-order valence-electron chi connectivity index (χ4n) is 4.70. The third-order valence-corrected chi connectivity index (χ3v) is 7.81. The average molecular weight is 532 g/mol. The van der Waals surface area contributed by atoms with Crippen molar-refractivity contribution >= 4 is 33.3 Å². The molecule has 0 bridgehead atoms. The third-order valence-electron chi connectivity index (χ3n) is 6.87. The number of rotatable bonds is 8. The molecule has 0 spiro atoms. The van der Waals surface area contributed by atoms with Gasteiger partial charge in [0, 0.05) is 6.42 Å². The summed E-state index contributed by atoms with van der Waals surface area (Å²) < 4.78 is 12.2. The zero-order valence-corrected chi connectivity index (χ0v) is 23.5. The molecule has 5 rings (SSSR count). The molecule has 2 aromatic heterocycles. The molecule has 0 aliphatic carbocycles. The van der Waals surface area contributed by atoms with Gasteiger partial charge in [-0.25, -0.2) is 0 Å². The molecule has 0 radical (unpaired) electrons. The zero-order valence-electron chi connectivity index (χ0n) is 22.7. The van der Waals surface area contributed by atoms with E-state index in [-0.39, 0.29) is 17.1 Å². The Balaban J connectivity index is 1.67. The second-order valence-corrected chi connectivity index (χ2v) is 11.9. The highest BCUT2D eigenvalue weighted by atomic mass is 32.1. The summed E-state index contributed by atoms with van der Waals surface area (Å²) in [5, 5.41) is 10.5. The van der Waals surface area contributed by atoms with E-state index >= 15 is 0 Å². The number of ether oxygens (including phenoxy) is 1. The topological polar surface area (TPSA) is 85.5 Å². The van der Waals surface area contributed by atoms with Crippen LogP contribution >= 0.6 is 11.3 Å². The maximum Gasteiger partial charge on any atom is 0.297 e. The number of aromatic nitrogens is 2. The molecule has 0 fully saturated rings. The van der Waals surface area contributed by atoms with Gasteiger partial charge in [0.05, 0.1) is 23.6 Å². The molecule has 3 heterocycles. The van der Waals surface area contributed by atoms with Crippen LogP contribution in [-0.2, 0) is 6.42 Å². The number of fused-ring (bicyclic) bond motifs is 2. The van der Waals surface area contributed by atoms with Crippen molar-refractivity contribution in [2.45, 2.75) is 60.4 Å². The molecule has 0 N–H and O–H groups in total. The van der Waals surface area contributed by atoms with Gasteiger partial charge in [-0.15, -0.1) is 10.2 Å². The van der Waals surface area contributed by atoms with Gasteiger partial charge in [0.2, 0.25) is 10.9 Å². The number of carbonyl (C=O) groups is 1. The van der Waals surface area contributed by atoms with E-state index in [4.69, 9.17) is 9.15 Å². The number of nitrogens with zero attached hydrogens (tertiary/aromatic N) is 3. The molecule has 4 aromatic rings. The first-order valence-electron chi connectivity index (χ1n) is 13.1. The number of amides is 1. The quantitative estimate of drug-likeness (QED) is 0.254. The van der Waals surface area contributed by atoms with Crippen molar-refractivity contribution in [3.05, 3.63) is 79.6 Å². The summed E-state index contributed by atoms with van der Waals surface area (Å²) in [5.74, 6) is 1.29. The van der Waals surface area contributed by atoms with Crippen LogP contribution in [0.15, 0.2) is 45.6 Å². The number of aryl methyl sites for hydroxylation is 2. The van der Waals surface area contributed by atoms with Gasteiger partial charge < -0.3 is 9.15 Å². The van der Waals surface area contributed by atoms with Crippen LogP contribution in [-0.4, -0.2) is 22.7 Å². The molecule has 8 heteroatoms. The molecule has 38 heavy (non-hydrogen) atoms. The summed E-state index contributed by atoms with van der Waals surface area (Å²) in [4.78, 5) is 29.4. The Hall–Kier alpha value is -3.52. The van der Waals surface area contributed by atoms with Gasteiger partial charge >= 0.3 is 0 Å². The molecular formula is C30H33N3O4S. The van der Waals surface area contributed by atoms with Crippen molar-refractivity contribution in [1.29, 1.82) is 0 Å². The smallest absolute Gasteiger partial charge is 0.297 e. The lowest BCUT2D eigenvalue weighted by Crippen LogP contribution is -2.29. The van der Waals surface area contributed by atoms with Crippen molar-refractivity contribution in [1.82, 2.24) is 10.2 Å². The van der Waals surface area contributed by atoms with E-state index in [1.165, 1.54) is 11.3 Å². The Morgan fingerprint density at radius 3 is 2.53 bits per heavy atom. The predicted molar refractivity (Wildman–Crippen MR) is 150 cm³/mol. The van der Waals surface area contributed by atoms with Crippen LogP contribution in [0.25, 0.3) is 11.0 Å². The van der Waals surface area contributed by atoms with Crippen LogP contribution in [0, 0.1) is 25.7 Å². The molecule has 1 amide bonds. The van der Waals surface area contributed by atoms with Gasteiger partial charge in [0.25, 0.3) is 5.91 Å². The van der Waals surface area contributed by atoms with Crippen LogP contribution in [0.5, 0.6) is 5.75 Å². The maximum absolute atomic E-state index is 14.0. The first-order chi connectivity index (χ1) is 18.1. The summed E-state index contributed by atoms with van der Waals surface area (Å²) in [7, 11) is 0. The summed E-state index contributed by atoms with van der Waals surface area (Å²) in [5.41, 5.74) is 3.28. The van der Waals surface area contributed by atoms with Crippen LogP contribution in [0.3, 0.4) is 0 Å². The molecule has 198 valence electrons. The highest BCUT2D eigenvalue weighted by Gasteiger charge is 2.45. The van der Waals surface area contributed by atoms with Crippen LogP contribution in [0.2, 0.25) is 0 Å². The number of anilines is 1. The van der Waals surface area contributed by atoms with E-state index < -0.39 is 6.04 Å². The minimum atomic E-state index is -0.701. The first kappa shape index (κ1) is 26.1. The Kier molecular flexibility index (Phi) is 7.09. The van der Waals surface area contributed by atoms with Gasteiger partial charge in [-0.3, -0.25) is 14.5 Å². The summed E-state index contributed by atoms with van der Waals surface area (Å²) >= 11 is 1.38. The van der Waals surface area contributed by atoms with Crippen molar-refractivity contribution in [2.75, 3.05) is 11.5 Å². The molecular weight excluding hydrogens is 498 g/mol. The number of hydrogen-bond donors (Lipinski definition) is 0. The van der Waals surface area contributed by atoms with Gasteiger partial charge in [-0.2, -0.15) is 0 Å². The van der Waals surface area contributed by atoms with E-state index in [9.17, 15) is 9.59 Å². The van der Waals surface area contributed by atoms with Gasteiger partial charge in [0.1, 0.15) is 16.3 Å². The molecule has 7 nitrogen and oxygen atoms in total. The lowest BCUT2D eigenvalue weighted by atomic mass is 9.97. The Labute approximate surface area is 226 Å². The monoisotopic (exact) mass is 531 g/mol. The Morgan fingerprint density at radius 2 is 1.79 bits per heavy atom. The van der Waals surface area contributed by atoms with E-state index in [0.29, 0.717) is 45.9 Å². The minimum Gasteiger partial charge on any atom is -0.494 e. The summed E-state index contributed by atoms with van der Waals surface area (Å²) in [6.07, 6.45) is 1.69.